The maximum absolute atomic E-state index is 12.3. The van der Waals surface area contributed by atoms with Crippen molar-refractivity contribution in [1.29, 1.82) is 0 Å². The molecule has 0 aliphatic carbocycles. The number of hydrogen-bond donors (Lipinski definition) is 0. The summed E-state index contributed by atoms with van der Waals surface area (Å²) >= 11 is 0. The Morgan fingerprint density at radius 1 is 1.47 bits per heavy atom. The van der Waals surface area contributed by atoms with Gasteiger partial charge in [0, 0.05) is 20.2 Å². The van der Waals surface area contributed by atoms with Gasteiger partial charge < -0.3 is 9.64 Å². The molecule has 3 heteroatoms. The van der Waals surface area contributed by atoms with Crippen LogP contribution in [0, 0.1) is 12.8 Å². The summed E-state index contributed by atoms with van der Waals surface area (Å²) in [7, 11) is 1.73. The zero-order chi connectivity index (χ0) is 13.7. The van der Waals surface area contributed by atoms with Crippen LogP contribution in [0.4, 0.5) is 0 Å². The number of piperidine rings is 1. The molecule has 1 aromatic carbocycles. The highest BCUT2D eigenvalue weighted by atomic mass is 16.5. The average molecular weight is 261 g/mol. The Labute approximate surface area is 115 Å². The lowest BCUT2D eigenvalue weighted by Crippen LogP contribution is -2.41. The molecule has 1 aliphatic heterocycles. The Kier molecular flexibility index (Phi) is 4.97. The average Bonchev–Trinajstić information content (AvgIpc) is 2.39. The predicted molar refractivity (Wildman–Crippen MR) is 76.1 cm³/mol. The van der Waals surface area contributed by atoms with Crippen LogP contribution in [0.3, 0.4) is 0 Å². The van der Waals surface area contributed by atoms with Gasteiger partial charge in [-0.3, -0.25) is 4.79 Å². The third-order valence-corrected chi connectivity index (χ3v) is 3.71. The molecule has 0 unspecified atom stereocenters. The normalized spacial score (nSPS) is 19.5. The Bertz CT molecular complexity index is 429. The van der Waals surface area contributed by atoms with E-state index >= 15 is 0 Å². The number of benzene rings is 1. The summed E-state index contributed by atoms with van der Waals surface area (Å²) in [5, 5.41) is 0. The monoisotopic (exact) mass is 261 g/mol. The van der Waals surface area contributed by atoms with Gasteiger partial charge in [0.1, 0.15) is 0 Å². The number of methoxy groups -OCH3 is 1. The van der Waals surface area contributed by atoms with E-state index in [4.69, 9.17) is 4.74 Å². The molecular weight excluding hydrogens is 238 g/mol. The second kappa shape index (κ2) is 6.71. The van der Waals surface area contributed by atoms with E-state index in [0.717, 1.165) is 31.7 Å². The second-order valence-corrected chi connectivity index (χ2v) is 5.47. The lowest BCUT2D eigenvalue weighted by Gasteiger charge is -2.32. The van der Waals surface area contributed by atoms with Crippen molar-refractivity contribution in [3.63, 3.8) is 0 Å². The lowest BCUT2D eigenvalue weighted by atomic mass is 9.98. The molecular formula is C16H23NO2. The predicted octanol–water partition coefficient (Wildman–Crippen LogP) is 2.42. The van der Waals surface area contributed by atoms with E-state index < -0.39 is 0 Å². The van der Waals surface area contributed by atoms with Gasteiger partial charge >= 0.3 is 0 Å². The fraction of sp³-hybridized carbons (Fsp3) is 0.562. The van der Waals surface area contributed by atoms with E-state index in [0.29, 0.717) is 12.3 Å². The summed E-state index contributed by atoms with van der Waals surface area (Å²) < 4.78 is 5.21. The van der Waals surface area contributed by atoms with Gasteiger partial charge in [-0.1, -0.05) is 29.8 Å². The van der Waals surface area contributed by atoms with Gasteiger partial charge in [-0.2, -0.15) is 0 Å². The van der Waals surface area contributed by atoms with Crippen LogP contribution < -0.4 is 0 Å². The number of carbonyl (C=O) groups is 1. The van der Waals surface area contributed by atoms with E-state index in [1.165, 1.54) is 12.0 Å². The zero-order valence-electron chi connectivity index (χ0n) is 11.9. The largest absolute Gasteiger partial charge is 0.384 e. The van der Waals surface area contributed by atoms with Gasteiger partial charge in [0.2, 0.25) is 5.91 Å². The summed E-state index contributed by atoms with van der Waals surface area (Å²) in [4.78, 5) is 14.3. The van der Waals surface area contributed by atoms with E-state index in [9.17, 15) is 4.79 Å². The number of likely N-dealkylation sites (tertiary alicyclic amines) is 1. The number of nitrogens with zero attached hydrogens (tertiary/aromatic N) is 1. The summed E-state index contributed by atoms with van der Waals surface area (Å²) in [6, 6.07) is 8.20. The van der Waals surface area contributed by atoms with E-state index in [2.05, 4.69) is 19.1 Å². The molecule has 1 atom stereocenters. The SMILES string of the molecule is COC[C@@H]1CCCN(C(=O)Cc2cccc(C)c2)C1. The number of amides is 1. The standard InChI is InChI=1S/C16H23NO2/c1-13-5-3-6-14(9-13)10-16(18)17-8-4-7-15(11-17)12-19-2/h3,5-6,9,15H,4,7-8,10-12H2,1-2H3/t15-/m1/s1. The third kappa shape index (κ3) is 4.06. The van der Waals surface area contributed by atoms with Crippen molar-refractivity contribution in [3.8, 4) is 0 Å². The minimum atomic E-state index is 0.242. The van der Waals surface area contributed by atoms with Crippen LogP contribution in [0.2, 0.25) is 0 Å². The van der Waals surface area contributed by atoms with Crippen LogP contribution in [0.5, 0.6) is 0 Å². The van der Waals surface area contributed by atoms with Gasteiger partial charge in [0.05, 0.1) is 13.0 Å². The first-order valence-corrected chi connectivity index (χ1v) is 7.01. The van der Waals surface area contributed by atoms with Crippen molar-refractivity contribution in [2.75, 3.05) is 26.8 Å². The van der Waals surface area contributed by atoms with E-state index in [-0.39, 0.29) is 5.91 Å². The van der Waals surface area contributed by atoms with Crippen molar-refractivity contribution in [2.24, 2.45) is 5.92 Å². The summed E-state index contributed by atoms with van der Waals surface area (Å²) in [6.45, 7) is 4.56. The van der Waals surface area contributed by atoms with Crippen LogP contribution >= 0.6 is 0 Å². The Morgan fingerprint density at radius 2 is 2.32 bits per heavy atom. The smallest absolute Gasteiger partial charge is 0.227 e. The minimum Gasteiger partial charge on any atom is -0.384 e. The van der Waals surface area contributed by atoms with Gasteiger partial charge in [-0.25, -0.2) is 0 Å². The van der Waals surface area contributed by atoms with Crippen molar-refractivity contribution in [3.05, 3.63) is 35.4 Å². The second-order valence-electron chi connectivity index (χ2n) is 5.47. The Balaban J connectivity index is 1.92. The topological polar surface area (TPSA) is 29.5 Å². The van der Waals surface area contributed by atoms with Crippen LogP contribution in [0.15, 0.2) is 24.3 Å². The first-order valence-electron chi connectivity index (χ1n) is 7.01. The highest BCUT2D eigenvalue weighted by Crippen LogP contribution is 2.18. The minimum absolute atomic E-state index is 0.242. The fourth-order valence-corrected chi connectivity index (χ4v) is 2.77. The van der Waals surface area contributed by atoms with E-state index in [1.807, 2.05) is 17.0 Å². The quantitative estimate of drug-likeness (QED) is 0.833. The molecule has 1 heterocycles. The van der Waals surface area contributed by atoms with Crippen LogP contribution in [0.25, 0.3) is 0 Å². The molecule has 1 aromatic rings. The number of ether oxygens (including phenoxy) is 1. The molecule has 1 aliphatic rings. The van der Waals surface area contributed by atoms with Crippen LogP contribution in [-0.2, 0) is 16.0 Å². The summed E-state index contributed by atoms with van der Waals surface area (Å²) in [5.74, 6) is 0.742. The maximum Gasteiger partial charge on any atom is 0.227 e. The molecule has 1 amide bonds. The number of hydrogen-bond acceptors (Lipinski definition) is 2. The molecule has 0 spiro atoms. The van der Waals surface area contributed by atoms with Gasteiger partial charge in [-0.15, -0.1) is 0 Å². The molecule has 0 saturated carbocycles. The number of carbonyl (C=O) groups excluding carboxylic acids is 1. The van der Waals surface area contributed by atoms with Gasteiger partial charge in [0.25, 0.3) is 0 Å². The molecule has 1 fully saturated rings. The van der Waals surface area contributed by atoms with Crippen LogP contribution in [-0.4, -0.2) is 37.6 Å². The molecule has 0 N–H and O–H groups in total. The first-order chi connectivity index (χ1) is 9.19. The zero-order valence-corrected chi connectivity index (χ0v) is 11.9. The number of rotatable bonds is 4. The van der Waals surface area contributed by atoms with Gasteiger partial charge in [-0.05, 0) is 31.2 Å². The fourth-order valence-electron chi connectivity index (χ4n) is 2.77. The molecule has 0 aromatic heterocycles. The third-order valence-electron chi connectivity index (χ3n) is 3.71. The molecule has 1 saturated heterocycles. The molecule has 19 heavy (non-hydrogen) atoms. The van der Waals surface area contributed by atoms with Crippen molar-refractivity contribution >= 4 is 5.91 Å². The first kappa shape index (κ1) is 14.1. The molecule has 2 rings (SSSR count). The Hall–Kier alpha value is -1.35. The Morgan fingerprint density at radius 3 is 3.05 bits per heavy atom. The van der Waals surface area contributed by atoms with Gasteiger partial charge in [0.15, 0.2) is 0 Å². The molecule has 3 nitrogen and oxygen atoms in total. The highest BCUT2D eigenvalue weighted by molar-refractivity contribution is 5.78. The van der Waals surface area contributed by atoms with Crippen LogP contribution in [0.1, 0.15) is 24.0 Å². The lowest BCUT2D eigenvalue weighted by molar-refractivity contribution is -0.132. The molecule has 0 radical (unpaired) electrons. The maximum atomic E-state index is 12.3. The van der Waals surface area contributed by atoms with Crippen molar-refractivity contribution < 1.29 is 9.53 Å². The number of aryl methyl sites for hydroxylation is 1. The summed E-state index contributed by atoms with van der Waals surface area (Å²) in [5.41, 5.74) is 2.32. The highest BCUT2D eigenvalue weighted by Gasteiger charge is 2.23. The molecule has 104 valence electrons. The summed E-state index contributed by atoms with van der Waals surface area (Å²) in [6.07, 6.45) is 2.77. The van der Waals surface area contributed by atoms with Crippen molar-refractivity contribution in [2.45, 2.75) is 26.2 Å². The molecule has 0 bridgehead atoms. The van der Waals surface area contributed by atoms with Crippen molar-refractivity contribution in [1.82, 2.24) is 4.90 Å². The van der Waals surface area contributed by atoms with E-state index in [1.54, 1.807) is 7.11 Å².